The van der Waals surface area contributed by atoms with Crippen LogP contribution in [0.3, 0.4) is 0 Å². The van der Waals surface area contributed by atoms with E-state index in [1.165, 1.54) is 16.2 Å². The number of nitrogens with one attached hydrogen (secondary N) is 1. The third-order valence-electron chi connectivity index (χ3n) is 2.43. The zero-order valence-corrected chi connectivity index (χ0v) is 11.2. The predicted molar refractivity (Wildman–Crippen MR) is 68.8 cm³/mol. The number of carbonyl (C=O) groups is 2. The Morgan fingerprint density at radius 2 is 2.33 bits per heavy atom. The highest BCUT2D eigenvalue weighted by Gasteiger charge is 2.16. The van der Waals surface area contributed by atoms with Gasteiger partial charge in [0.25, 0.3) is 0 Å². The average Bonchev–Trinajstić information content (AvgIpc) is 2.86. The average molecular weight is 271 g/mol. The molecule has 2 amide bonds. The molecule has 1 heterocycles. The summed E-state index contributed by atoms with van der Waals surface area (Å²) in [5, 5.41) is 14.2. The first-order valence-electron chi connectivity index (χ1n) is 5.68. The highest BCUT2D eigenvalue weighted by molar-refractivity contribution is 7.09. The molecule has 1 rings (SSSR count). The van der Waals surface area contributed by atoms with Gasteiger partial charge >= 0.3 is 12.0 Å². The summed E-state index contributed by atoms with van der Waals surface area (Å²) < 4.78 is 0. The molecular weight excluding hydrogens is 254 g/mol. The molecule has 1 aromatic heterocycles. The van der Waals surface area contributed by atoms with Gasteiger partial charge in [0.1, 0.15) is 6.54 Å². The van der Waals surface area contributed by atoms with Crippen molar-refractivity contribution in [1.29, 1.82) is 0 Å². The maximum Gasteiger partial charge on any atom is 0.323 e. The van der Waals surface area contributed by atoms with Crippen LogP contribution in [0.5, 0.6) is 0 Å². The molecule has 1 aromatic rings. The summed E-state index contributed by atoms with van der Waals surface area (Å²) in [6, 6.07) is -0.358. The number of thiazole rings is 1. The number of rotatable bonds is 6. The molecule has 6 nitrogen and oxygen atoms in total. The summed E-state index contributed by atoms with van der Waals surface area (Å²) in [5.41, 5.74) is 0. The Balaban J connectivity index is 2.42. The first-order chi connectivity index (χ1) is 8.54. The summed E-state index contributed by atoms with van der Waals surface area (Å²) in [5.74, 6) is -0.891. The first kappa shape index (κ1) is 14.4. The normalized spacial score (nSPS) is 11.9. The number of carboxylic acids is 1. The molecule has 0 aliphatic rings. The number of amides is 2. The van der Waals surface area contributed by atoms with E-state index in [9.17, 15) is 9.59 Å². The summed E-state index contributed by atoms with van der Waals surface area (Å²) in [6.07, 6.45) is 1.72. The van der Waals surface area contributed by atoms with Crippen molar-refractivity contribution in [2.75, 3.05) is 19.6 Å². The molecule has 0 radical (unpaired) electrons. The minimum absolute atomic E-state index is 0.123. The standard InChI is InChI=1S/C11H17N3O3S/c1-3-14(7-9(15)16)11(17)13-6-8(2)10-12-4-5-18-10/h4-5,8H,3,6-7H2,1-2H3,(H,13,17)(H,15,16). The second-order valence-electron chi connectivity index (χ2n) is 3.87. The lowest BCUT2D eigenvalue weighted by Crippen LogP contribution is -2.43. The topological polar surface area (TPSA) is 82.5 Å². The zero-order chi connectivity index (χ0) is 13.5. The van der Waals surface area contributed by atoms with Gasteiger partial charge in [0.2, 0.25) is 0 Å². The van der Waals surface area contributed by atoms with E-state index in [1.807, 2.05) is 12.3 Å². The molecule has 7 heteroatoms. The van der Waals surface area contributed by atoms with Crippen LogP contribution < -0.4 is 5.32 Å². The van der Waals surface area contributed by atoms with Crippen LogP contribution >= 0.6 is 11.3 Å². The smallest absolute Gasteiger partial charge is 0.323 e. The van der Waals surface area contributed by atoms with Crippen molar-refractivity contribution >= 4 is 23.3 Å². The largest absolute Gasteiger partial charge is 0.480 e. The Labute approximate surface area is 110 Å². The molecule has 0 bridgehead atoms. The van der Waals surface area contributed by atoms with E-state index in [-0.39, 0.29) is 18.5 Å². The van der Waals surface area contributed by atoms with Gasteiger partial charge in [0.15, 0.2) is 0 Å². The van der Waals surface area contributed by atoms with Crippen LogP contribution in [0.15, 0.2) is 11.6 Å². The Morgan fingerprint density at radius 3 is 2.83 bits per heavy atom. The molecule has 2 N–H and O–H groups in total. The summed E-state index contributed by atoms with van der Waals surface area (Å²) in [7, 11) is 0. The van der Waals surface area contributed by atoms with E-state index >= 15 is 0 Å². The maximum absolute atomic E-state index is 11.7. The van der Waals surface area contributed by atoms with Gasteiger partial charge in [-0.25, -0.2) is 9.78 Å². The Hall–Kier alpha value is -1.63. The fourth-order valence-electron chi connectivity index (χ4n) is 1.41. The monoisotopic (exact) mass is 271 g/mol. The lowest BCUT2D eigenvalue weighted by Gasteiger charge is -2.20. The molecule has 100 valence electrons. The number of carboxylic acid groups (broad SMARTS) is 1. The molecule has 0 fully saturated rings. The SMILES string of the molecule is CCN(CC(=O)O)C(=O)NCC(C)c1nccs1. The van der Waals surface area contributed by atoms with Gasteiger partial charge in [-0.3, -0.25) is 4.79 Å². The fourth-order valence-corrected chi connectivity index (χ4v) is 2.11. The van der Waals surface area contributed by atoms with Crippen molar-refractivity contribution in [1.82, 2.24) is 15.2 Å². The molecule has 0 aromatic carbocycles. The van der Waals surface area contributed by atoms with Gasteiger partial charge in [-0.05, 0) is 6.92 Å². The third kappa shape index (κ3) is 4.33. The van der Waals surface area contributed by atoms with Crippen LogP contribution in [0.2, 0.25) is 0 Å². The molecule has 0 spiro atoms. The number of likely N-dealkylation sites (N-methyl/N-ethyl adjacent to an activating group) is 1. The van der Waals surface area contributed by atoms with Gasteiger partial charge in [-0.15, -0.1) is 11.3 Å². The molecule has 0 saturated heterocycles. The van der Waals surface area contributed by atoms with Crippen molar-refractivity contribution in [3.8, 4) is 0 Å². The highest BCUT2D eigenvalue weighted by Crippen LogP contribution is 2.16. The van der Waals surface area contributed by atoms with Gasteiger partial charge < -0.3 is 15.3 Å². The molecule has 18 heavy (non-hydrogen) atoms. The second kappa shape index (κ2) is 6.95. The lowest BCUT2D eigenvalue weighted by molar-refractivity contribution is -0.137. The second-order valence-corrected chi connectivity index (χ2v) is 4.79. The number of nitrogens with zero attached hydrogens (tertiary/aromatic N) is 2. The van der Waals surface area contributed by atoms with Gasteiger partial charge in [0, 0.05) is 30.6 Å². The van der Waals surface area contributed by atoms with Gasteiger partial charge in [-0.2, -0.15) is 0 Å². The molecule has 0 aliphatic heterocycles. The summed E-state index contributed by atoms with van der Waals surface area (Å²) in [6.45, 7) is 4.24. The summed E-state index contributed by atoms with van der Waals surface area (Å²) >= 11 is 1.54. The van der Waals surface area contributed by atoms with Crippen molar-refractivity contribution in [3.05, 3.63) is 16.6 Å². The maximum atomic E-state index is 11.7. The zero-order valence-electron chi connectivity index (χ0n) is 10.4. The van der Waals surface area contributed by atoms with E-state index < -0.39 is 5.97 Å². The number of urea groups is 1. The number of aromatic nitrogens is 1. The minimum Gasteiger partial charge on any atom is -0.480 e. The molecule has 0 saturated carbocycles. The fraction of sp³-hybridized carbons (Fsp3) is 0.545. The van der Waals surface area contributed by atoms with E-state index in [0.717, 1.165) is 5.01 Å². The number of hydrogen-bond acceptors (Lipinski definition) is 4. The lowest BCUT2D eigenvalue weighted by atomic mass is 10.2. The van der Waals surface area contributed by atoms with Crippen LogP contribution in [0.1, 0.15) is 24.8 Å². The molecular formula is C11H17N3O3S. The van der Waals surface area contributed by atoms with Crippen LogP contribution in [0, 0.1) is 0 Å². The predicted octanol–water partition coefficient (Wildman–Crippen LogP) is 1.36. The van der Waals surface area contributed by atoms with E-state index in [4.69, 9.17) is 5.11 Å². The number of carbonyl (C=O) groups excluding carboxylic acids is 1. The van der Waals surface area contributed by atoms with Crippen molar-refractivity contribution in [2.24, 2.45) is 0 Å². The minimum atomic E-state index is -1.01. The van der Waals surface area contributed by atoms with Crippen molar-refractivity contribution in [2.45, 2.75) is 19.8 Å². The highest BCUT2D eigenvalue weighted by atomic mass is 32.1. The van der Waals surface area contributed by atoms with Crippen LogP contribution in [0.25, 0.3) is 0 Å². The van der Waals surface area contributed by atoms with E-state index in [2.05, 4.69) is 10.3 Å². The van der Waals surface area contributed by atoms with E-state index in [1.54, 1.807) is 13.1 Å². The van der Waals surface area contributed by atoms with E-state index in [0.29, 0.717) is 13.1 Å². The Bertz CT molecular complexity index is 394. The molecule has 1 atom stereocenters. The number of aliphatic carboxylic acids is 1. The van der Waals surface area contributed by atoms with Crippen LogP contribution in [0.4, 0.5) is 4.79 Å². The summed E-state index contributed by atoms with van der Waals surface area (Å²) in [4.78, 5) is 27.7. The van der Waals surface area contributed by atoms with Gasteiger partial charge in [-0.1, -0.05) is 6.92 Å². The molecule has 1 unspecified atom stereocenters. The Kier molecular flexibility index (Phi) is 5.57. The first-order valence-corrected chi connectivity index (χ1v) is 6.56. The van der Waals surface area contributed by atoms with Gasteiger partial charge in [0.05, 0.1) is 5.01 Å². The van der Waals surface area contributed by atoms with Crippen LogP contribution in [-0.2, 0) is 4.79 Å². The third-order valence-corrected chi connectivity index (χ3v) is 3.43. The van der Waals surface area contributed by atoms with Crippen molar-refractivity contribution in [3.63, 3.8) is 0 Å². The molecule has 0 aliphatic carbocycles. The quantitative estimate of drug-likeness (QED) is 0.818. The Morgan fingerprint density at radius 1 is 1.61 bits per heavy atom. The van der Waals surface area contributed by atoms with Crippen LogP contribution in [-0.4, -0.2) is 46.6 Å². The van der Waals surface area contributed by atoms with Crippen molar-refractivity contribution < 1.29 is 14.7 Å². The number of hydrogen-bond donors (Lipinski definition) is 2.